The fourth-order valence-corrected chi connectivity index (χ4v) is 6.93. The van der Waals surface area contributed by atoms with Crippen LogP contribution in [0.5, 0.6) is 0 Å². The molecule has 2 aromatic heterocycles. The molecular formula is C39H47FN6O4. The summed E-state index contributed by atoms with van der Waals surface area (Å²) in [6.07, 6.45) is 3.98. The second kappa shape index (κ2) is 15.7. The number of aryl methyl sites for hydroxylation is 2. The predicted molar refractivity (Wildman–Crippen MR) is 192 cm³/mol. The van der Waals surface area contributed by atoms with Gasteiger partial charge in [0.25, 0.3) is 0 Å². The largest absolute Gasteiger partial charge is 0.444 e. The number of nitrogen functional groups attached to an aromatic ring is 1. The summed E-state index contributed by atoms with van der Waals surface area (Å²) in [6, 6.07) is 16.2. The zero-order valence-electron chi connectivity index (χ0n) is 29.6. The Hall–Kier alpha value is -4.95. The molecule has 0 spiro atoms. The molecule has 2 atom stereocenters. The number of para-hydroxylation sites is 1. The Morgan fingerprint density at radius 1 is 1.18 bits per heavy atom. The van der Waals surface area contributed by atoms with Crippen molar-refractivity contribution in [3.63, 3.8) is 0 Å². The van der Waals surface area contributed by atoms with Crippen molar-refractivity contribution in [3.05, 3.63) is 82.9 Å². The van der Waals surface area contributed by atoms with Crippen molar-refractivity contribution in [2.75, 3.05) is 32.5 Å². The zero-order chi connectivity index (χ0) is 36.0. The number of ether oxygens (including phenoxy) is 2. The molecule has 0 saturated carbocycles. The number of nitrogens with one attached hydrogen (secondary N) is 1. The number of pyridine rings is 1. The van der Waals surface area contributed by atoms with Crippen LogP contribution in [0.3, 0.4) is 0 Å². The van der Waals surface area contributed by atoms with E-state index in [1.165, 1.54) is 6.07 Å². The number of likely N-dealkylation sites (tertiary alicyclic amines) is 1. The van der Waals surface area contributed by atoms with Crippen LogP contribution >= 0.6 is 0 Å². The first kappa shape index (κ1) is 36.3. The van der Waals surface area contributed by atoms with Crippen molar-refractivity contribution in [2.24, 2.45) is 0 Å². The first-order chi connectivity index (χ1) is 23.9. The monoisotopic (exact) mass is 682 g/mol. The summed E-state index contributed by atoms with van der Waals surface area (Å²) in [7, 11) is 1.66. The molecule has 11 heteroatoms. The van der Waals surface area contributed by atoms with Gasteiger partial charge in [-0.2, -0.15) is 5.26 Å². The van der Waals surface area contributed by atoms with Crippen LogP contribution in [0.15, 0.2) is 54.7 Å². The third-order valence-electron chi connectivity index (χ3n) is 9.18. The predicted octanol–water partition coefficient (Wildman–Crippen LogP) is 6.87. The number of nitrogens with two attached hydrogens (primary N) is 1. The number of halogens is 1. The lowest BCUT2D eigenvalue weighted by Gasteiger charge is -2.35. The zero-order valence-corrected chi connectivity index (χ0v) is 29.6. The number of carbonyl (C=O) groups excluding carboxylic acids is 2. The second-order valence-electron chi connectivity index (χ2n) is 14.0. The van der Waals surface area contributed by atoms with Crippen molar-refractivity contribution in [1.29, 1.82) is 5.26 Å². The summed E-state index contributed by atoms with van der Waals surface area (Å²) < 4.78 is 28.2. The van der Waals surface area contributed by atoms with Crippen molar-refractivity contribution in [2.45, 2.75) is 83.9 Å². The summed E-state index contributed by atoms with van der Waals surface area (Å²) in [5.74, 6) is -0.0901. The molecule has 1 aliphatic heterocycles. The molecule has 1 fully saturated rings. The molecule has 10 nitrogen and oxygen atoms in total. The highest BCUT2D eigenvalue weighted by atomic mass is 19.1. The number of amides is 2. The fraction of sp³-hybridized carbons (Fsp3) is 0.436. The van der Waals surface area contributed by atoms with Crippen LogP contribution in [0.1, 0.15) is 74.8 Å². The topological polar surface area (TPSA) is 135 Å². The molecule has 2 amide bonds. The number of hydrogen-bond donors (Lipinski definition) is 2. The molecule has 50 heavy (non-hydrogen) atoms. The SMILES string of the molecule is COCCCn1c(C2CCCN(C(=O)C[C@@H](Cc3ccc(-c4cnc(N)c(C#N)c4)cc3)NC(=O)OC(C)(C)C)C2)c(C)c2cccc(F)c21. The number of methoxy groups -OCH3 is 1. The normalized spacial score (nSPS) is 15.5. The lowest BCUT2D eigenvalue weighted by molar-refractivity contribution is -0.132. The maximum Gasteiger partial charge on any atom is 0.407 e. The highest BCUT2D eigenvalue weighted by molar-refractivity contribution is 5.86. The van der Waals surface area contributed by atoms with Gasteiger partial charge in [0.1, 0.15) is 23.3 Å². The number of hydrogen-bond acceptors (Lipinski definition) is 7. The number of carbonyl (C=O) groups is 2. The molecule has 3 N–H and O–H groups in total. The van der Waals surface area contributed by atoms with Gasteiger partial charge >= 0.3 is 6.09 Å². The Labute approximate surface area is 293 Å². The van der Waals surface area contributed by atoms with E-state index in [0.29, 0.717) is 43.7 Å². The van der Waals surface area contributed by atoms with Crippen LogP contribution in [0.4, 0.5) is 15.0 Å². The number of piperidine rings is 1. The van der Waals surface area contributed by atoms with E-state index in [2.05, 4.69) is 20.9 Å². The highest BCUT2D eigenvalue weighted by Crippen LogP contribution is 2.37. The maximum atomic E-state index is 15.2. The lowest BCUT2D eigenvalue weighted by atomic mass is 9.91. The molecular weight excluding hydrogens is 635 g/mol. The summed E-state index contributed by atoms with van der Waals surface area (Å²) >= 11 is 0. The number of anilines is 1. The Morgan fingerprint density at radius 3 is 2.64 bits per heavy atom. The number of fused-ring (bicyclic) bond motifs is 1. The van der Waals surface area contributed by atoms with Gasteiger partial charge in [-0.1, -0.05) is 36.4 Å². The van der Waals surface area contributed by atoms with Crippen molar-refractivity contribution < 1.29 is 23.5 Å². The number of aromatic nitrogens is 2. The van der Waals surface area contributed by atoms with Crippen LogP contribution in [0, 0.1) is 24.1 Å². The quantitative estimate of drug-likeness (QED) is 0.165. The van der Waals surface area contributed by atoms with E-state index in [-0.39, 0.29) is 29.9 Å². The number of benzene rings is 2. The van der Waals surface area contributed by atoms with E-state index in [9.17, 15) is 14.9 Å². The maximum absolute atomic E-state index is 15.2. The van der Waals surface area contributed by atoms with E-state index in [4.69, 9.17) is 15.2 Å². The summed E-state index contributed by atoms with van der Waals surface area (Å²) in [4.78, 5) is 32.9. The Morgan fingerprint density at radius 2 is 1.94 bits per heavy atom. The second-order valence-corrected chi connectivity index (χ2v) is 14.0. The molecule has 1 saturated heterocycles. The molecule has 0 aliphatic carbocycles. The van der Waals surface area contributed by atoms with Crippen molar-refractivity contribution in [1.82, 2.24) is 19.8 Å². The van der Waals surface area contributed by atoms with E-state index in [1.807, 2.05) is 42.2 Å². The molecule has 3 heterocycles. The number of rotatable bonds is 11. The molecule has 1 unspecified atom stereocenters. The van der Waals surface area contributed by atoms with Gasteiger partial charge < -0.3 is 30.0 Å². The fourth-order valence-electron chi connectivity index (χ4n) is 6.93. The van der Waals surface area contributed by atoms with Crippen LogP contribution in [-0.2, 0) is 27.2 Å². The van der Waals surface area contributed by atoms with Gasteiger partial charge in [0.05, 0.1) is 11.1 Å². The van der Waals surface area contributed by atoms with E-state index < -0.39 is 17.7 Å². The minimum absolute atomic E-state index is 0.0382. The molecule has 0 radical (unpaired) electrons. The summed E-state index contributed by atoms with van der Waals surface area (Å²) in [5.41, 5.74) is 10.7. The summed E-state index contributed by atoms with van der Waals surface area (Å²) in [5, 5.41) is 13.2. The molecule has 2 aromatic carbocycles. The van der Waals surface area contributed by atoms with Gasteiger partial charge in [0.15, 0.2) is 0 Å². The van der Waals surface area contributed by atoms with Gasteiger partial charge in [0, 0.05) is 74.6 Å². The molecule has 4 aromatic rings. The lowest BCUT2D eigenvalue weighted by Crippen LogP contribution is -2.46. The van der Waals surface area contributed by atoms with Crippen LogP contribution in [0.25, 0.3) is 22.0 Å². The first-order valence-corrected chi connectivity index (χ1v) is 17.2. The van der Waals surface area contributed by atoms with Gasteiger partial charge in [-0.05, 0) is 82.2 Å². The Bertz CT molecular complexity index is 1870. The van der Waals surface area contributed by atoms with Crippen molar-refractivity contribution in [3.8, 4) is 17.2 Å². The first-order valence-electron chi connectivity index (χ1n) is 17.2. The highest BCUT2D eigenvalue weighted by Gasteiger charge is 2.31. The van der Waals surface area contributed by atoms with Gasteiger partial charge in [-0.3, -0.25) is 4.79 Å². The Kier molecular flexibility index (Phi) is 11.4. The van der Waals surface area contributed by atoms with Gasteiger partial charge in [-0.25, -0.2) is 14.2 Å². The average Bonchev–Trinajstić information content (AvgIpc) is 3.36. The molecule has 264 valence electrons. The van der Waals surface area contributed by atoms with Crippen LogP contribution < -0.4 is 11.1 Å². The minimum atomic E-state index is -0.700. The van der Waals surface area contributed by atoms with Crippen LogP contribution in [-0.4, -0.2) is 64.9 Å². The number of alkyl carbamates (subject to hydrolysis) is 1. The number of nitrogens with zero attached hydrogens (tertiary/aromatic N) is 4. The smallest absolute Gasteiger partial charge is 0.407 e. The minimum Gasteiger partial charge on any atom is -0.444 e. The van der Waals surface area contributed by atoms with Crippen LogP contribution in [0.2, 0.25) is 0 Å². The van der Waals surface area contributed by atoms with Gasteiger partial charge in [-0.15, -0.1) is 0 Å². The summed E-state index contributed by atoms with van der Waals surface area (Å²) in [6.45, 7) is 9.74. The van der Waals surface area contributed by atoms with Crippen molar-refractivity contribution >= 4 is 28.7 Å². The average molecular weight is 683 g/mol. The van der Waals surface area contributed by atoms with E-state index >= 15 is 4.39 Å². The molecule has 5 rings (SSSR count). The standard InChI is InChI=1S/C39H47FN6O4/c1-25-32-10-6-11-33(40)36(32)46(17-8-18-49-5)35(25)28-9-7-16-45(24-28)34(47)21-31(44-38(48)50-39(2,3)4)19-26-12-14-27(15-13-26)30-20-29(22-41)37(42)43-23-30/h6,10-15,20,23,28,31H,7-9,16-19,21,24H2,1-5H3,(H2,42,43)(H,44,48)/t28?,31-/m1/s1. The number of nitriles is 1. The third-order valence-corrected chi connectivity index (χ3v) is 9.18. The van der Waals surface area contributed by atoms with E-state index in [1.54, 1.807) is 46.2 Å². The van der Waals surface area contributed by atoms with E-state index in [0.717, 1.165) is 52.6 Å². The third kappa shape index (κ3) is 8.61. The molecule has 1 aliphatic rings. The Balaban J connectivity index is 1.35. The molecule has 0 bridgehead atoms. The van der Waals surface area contributed by atoms with Gasteiger partial charge in [0.2, 0.25) is 5.91 Å².